The van der Waals surface area contributed by atoms with Gasteiger partial charge in [0.05, 0.1) is 5.56 Å². The largest absolute Gasteiger partial charge is 0.294 e. The van der Waals surface area contributed by atoms with Crippen molar-refractivity contribution in [2.45, 2.75) is 39.0 Å². The molecule has 0 radical (unpaired) electrons. The van der Waals surface area contributed by atoms with Crippen LogP contribution in [-0.2, 0) is 0 Å². The van der Waals surface area contributed by atoms with E-state index in [1.165, 1.54) is 0 Å². The molecule has 0 unspecified atom stereocenters. The van der Waals surface area contributed by atoms with Crippen LogP contribution >= 0.6 is 0 Å². The first-order chi connectivity index (χ1) is 9.88. The molecular weight excluding hydrogens is 291 g/mol. The minimum absolute atomic E-state index is 0.414. The van der Waals surface area contributed by atoms with E-state index >= 15 is 0 Å². The van der Waals surface area contributed by atoms with Gasteiger partial charge in [-0.15, -0.1) is 0 Å². The van der Waals surface area contributed by atoms with Gasteiger partial charge in [-0.3, -0.25) is 4.79 Å². The fourth-order valence-corrected chi connectivity index (χ4v) is 2.86. The average molecular weight is 306 g/mol. The van der Waals surface area contributed by atoms with Gasteiger partial charge in [0.15, 0.2) is 29.1 Å². The molecule has 1 aliphatic rings. The maximum atomic E-state index is 13.6. The van der Waals surface area contributed by atoms with Crippen LogP contribution in [0.2, 0.25) is 0 Å². The van der Waals surface area contributed by atoms with Gasteiger partial charge in [-0.1, -0.05) is 13.3 Å². The second-order valence-corrected chi connectivity index (χ2v) is 5.44. The Labute approximate surface area is 119 Å². The van der Waals surface area contributed by atoms with Crippen LogP contribution in [0.15, 0.2) is 0 Å². The van der Waals surface area contributed by atoms with Gasteiger partial charge in [-0.25, -0.2) is 22.0 Å². The summed E-state index contributed by atoms with van der Waals surface area (Å²) in [6, 6.07) is 0. The van der Waals surface area contributed by atoms with Gasteiger partial charge in [0.25, 0.3) is 0 Å². The summed E-state index contributed by atoms with van der Waals surface area (Å²) in [5, 5.41) is 0. The summed E-state index contributed by atoms with van der Waals surface area (Å²) in [5.74, 6) is -11.7. The van der Waals surface area contributed by atoms with E-state index in [2.05, 4.69) is 0 Å². The molecule has 0 spiro atoms. The molecule has 0 atom stereocenters. The zero-order valence-electron chi connectivity index (χ0n) is 11.5. The third-order valence-electron chi connectivity index (χ3n) is 4.25. The van der Waals surface area contributed by atoms with Crippen LogP contribution in [0, 0.1) is 40.9 Å². The van der Waals surface area contributed by atoms with Crippen LogP contribution in [0.5, 0.6) is 0 Å². The van der Waals surface area contributed by atoms with Crippen molar-refractivity contribution in [2.75, 3.05) is 0 Å². The van der Waals surface area contributed by atoms with Crippen molar-refractivity contribution in [3.05, 3.63) is 34.6 Å². The number of carbonyl (C=O) groups excluding carboxylic acids is 1. The van der Waals surface area contributed by atoms with E-state index in [4.69, 9.17) is 0 Å². The molecule has 0 amide bonds. The first-order valence-electron chi connectivity index (χ1n) is 6.94. The smallest absolute Gasteiger partial charge is 0.200 e. The zero-order chi connectivity index (χ0) is 15.7. The van der Waals surface area contributed by atoms with E-state index in [0.717, 1.165) is 19.3 Å². The third kappa shape index (κ3) is 2.80. The van der Waals surface area contributed by atoms with E-state index in [1.807, 2.05) is 6.92 Å². The maximum absolute atomic E-state index is 13.6. The molecule has 0 heterocycles. The Morgan fingerprint density at radius 1 is 0.857 bits per heavy atom. The van der Waals surface area contributed by atoms with Crippen LogP contribution in [0.1, 0.15) is 49.4 Å². The van der Waals surface area contributed by atoms with Gasteiger partial charge < -0.3 is 0 Å². The molecule has 1 nitrogen and oxygen atoms in total. The van der Waals surface area contributed by atoms with Crippen molar-refractivity contribution in [3.63, 3.8) is 0 Å². The van der Waals surface area contributed by atoms with Gasteiger partial charge in [0.2, 0.25) is 5.82 Å². The maximum Gasteiger partial charge on any atom is 0.200 e. The highest BCUT2D eigenvalue weighted by Gasteiger charge is 2.34. The van der Waals surface area contributed by atoms with Gasteiger partial charge in [0.1, 0.15) is 0 Å². The number of hydrogen-bond donors (Lipinski definition) is 0. The van der Waals surface area contributed by atoms with Gasteiger partial charge in [0, 0.05) is 5.92 Å². The van der Waals surface area contributed by atoms with Crippen molar-refractivity contribution < 1.29 is 26.7 Å². The van der Waals surface area contributed by atoms with E-state index in [9.17, 15) is 26.7 Å². The highest BCUT2D eigenvalue weighted by atomic mass is 19.2. The summed E-state index contributed by atoms with van der Waals surface area (Å²) in [6.45, 7) is 2.01. The fourth-order valence-electron chi connectivity index (χ4n) is 2.86. The second kappa shape index (κ2) is 6.12. The van der Waals surface area contributed by atoms with Crippen molar-refractivity contribution >= 4 is 5.78 Å². The average Bonchev–Trinajstić information content (AvgIpc) is 2.51. The van der Waals surface area contributed by atoms with E-state index in [1.54, 1.807) is 0 Å². The summed E-state index contributed by atoms with van der Waals surface area (Å²) >= 11 is 0. The van der Waals surface area contributed by atoms with Gasteiger partial charge in [-0.2, -0.15) is 0 Å². The molecular formula is C15H15F5O. The third-order valence-corrected chi connectivity index (χ3v) is 4.25. The standard InChI is InChI=1S/C15H15F5O/c1-2-7-3-5-8(6-4-7)15(21)9-10(16)12(18)14(20)13(19)11(9)17/h7-8H,2-6H2,1H3. The molecule has 1 aliphatic carbocycles. The number of Topliss-reactive ketones (excluding diaryl/α,β-unsaturated/α-hetero) is 1. The van der Waals surface area contributed by atoms with Crippen LogP contribution in [0.4, 0.5) is 22.0 Å². The molecule has 1 aromatic rings. The van der Waals surface area contributed by atoms with Crippen molar-refractivity contribution in [1.29, 1.82) is 0 Å². The monoisotopic (exact) mass is 306 g/mol. The Morgan fingerprint density at radius 2 is 1.29 bits per heavy atom. The topological polar surface area (TPSA) is 17.1 Å². The number of ketones is 1. The summed E-state index contributed by atoms with van der Waals surface area (Å²) in [4.78, 5) is 12.1. The Bertz CT molecular complexity index is 533. The first kappa shape index (κ1) is 15.9. The highest BCUT2D eigenvalue weighted by molar-refractivity contribution is 5.98. The van der Waals surface area contributed by atoms with E-state index < -0.39 is 46.4 Å². The Kier molecular flexibility index (Phi) is 4.64. The Morgan fingerprint density at radius 3 is 1.71 bits per heavy atom. The van der Waals surface area contributed by atoms with Crippen LogP contribution in [0.3, 0.4) is 0 Å². The predicted octanol–water partition coefficient (Wildman–Crippen LogP) is 4.78. The molecule has 21 heavy (non-hydrogen) atoms. The SMILES string of the molecule is CCC1CCC(C(=O)c2c(F)c(F)c(F)c(F)c2F)CC1. The Balaban J connectivity index is 2.32. The molecule has 1 saturated carbocycles. The first-order valence-corrected chi connectivity index (χ1v) is 6.94. The summed E-state index contributed by atoms with van der Waals surface area (Å²) in [7, 11) is 0. The van der Waals surface area contributed by atoms with Crippen molar-refractivity contribution in [1.82, 2.24) is 0 Å². The summed E-state index contributed by atoms with van der Waals surface area (Å²) in [6.07, 6.45) is 3.22. The Hall–Kier alpha value is -1.46. The quantitative estimate of drug-likeness (QED) is 0.340. The number of carbonyl (C=O) groups is 1. The van der Waals surface area contributed by atoms with Crippen LogP contribution < -0.4 is 0 Å². The molecule has 116 valence electrons. The van der Waals surface area contributed by atoms with Crippen molar-refractivity contribution in [2.24, 2.45) is 11.8 Å². The molecule has 6 heteroatoms. The minimum atomic E-state index is -2.24. The lowest BCUT2D eigenvalue weighted by atomic mass is 9.77. The van der Waals surface area contributed by atoms with Gasteiger partial charge >= 0.3 is 0 Å². The number of halogens is 5. The highest BCUT2D eigenvalue weighted by Crippen LogP contribution is 2.34. The zero-order valence-corrected chi connectivity index (χ0v) is 11.5. The fraction of sp³-hybridized carbons (Fsp3) is 0.533. The molecule has 0 N–H and O–H groups in total. The van der Waals surface area contributed by atoms with E-state index in [0.29, 0.717) is 18.8 Å². The molecule has 1 aromatic carbocycles. The number of benzene rings is 1. The summed E-state index contributed by atoms with van der Waals surface area (Å²) in [5.41, 5.74) is -1.30. The lowest BCUT2D eigenvalue weighted by Crippen LogP contribution is -2.24. The van der Waals surface area contributed by atoms with Crippen LogP contribution in [0.25, 0.3) is 0 Å². The normalized spacial score (nSPS) is 22.4. The molecule has 2 rings (SSSR count). The minimum Gasteiger partial charge on any atom is -0.294 e. The van der Waals surface area contributed by atoms with E-state index in [-0.39, 0.29) is 0 Å². The predicted molar refractivity (Wildman–Crippen MR) is 66.3 cm³/mol. The molecule has 1 fully saturated rings. The number of hydrogen-bond acceptors (Lipinski definition) is 1. The lowest BCUT2D eigenvalue weighted by molar-refractivity contribution is 0.0859. The second-order valence-electron chi connectivity index (χ2n) is 5.44. The molecule has 0 aliphatic heterocycles. The molecule has 0 bridgehead atoms. The van der Waals surface area contributed by atoms with Crippen LogP contribution in [-0.4, -0.2) is 5.78 Å². The summed E-state index contributed by atoms with van der Waals surface area (Å²) < 4.78 is 66.4. The van der Waals surface area contributed by atoms with Crippen molar-refractivity contribution in [3.8, 4) is 0 Å². The molecule has 0 saturated heterocycles. The number of rotatable bonds is 3. The molecule has 0 aromatic heterocycles. The lowest BCUT2D eigenvalue weighted by Gasteiger charge is -2.27. The van der Waals surface area contributed by atoms with Gasteiger partial charge in [-0.05, 0) is 31.6 Å².